The summed E-state index contributed by atoms with van der Waals surface area (Å²) < 4.78 is 0. The third kappa shape index (κ3) is 4.16. The number of hydrogen-bond donors (Lipinski definition) is 1. The molecule has 31 heavy (non-hydrogen) atoms. The fourth-order valence-electron chi connectivity index (χ4n) is 4.57. The third-order valence-electron chi connectivity index (χ3n) is 6.32. The van der Waals surface area contributed by atoms with Gasteiger partial charge in [0.15, 0.2) is 0 Å². The van der Waals surface area contributed by atoms with Gasteiger partial charge in [0.2, 0.25) is 5.91 Å². The molecule has 2 saturated heterocycles. The van der Waals surface area contributed by atoms with Gasteiger partial charge in [-0.25, -0.2) is 9.97 Å². The summed E-state index contributed by atoms with van der Waals surface area (Å²) in [7, 11) is 0. The highest BCUT2D eigenvalue weighted by Crippen LogP contribution is 2.26. The van der Waals surface area contributed by atoms with Crippen molar-refractivity contribution in [2.45, 2.75) is 19.0 Å². The first-order chi connectivity index (χ1) is 15.1. The molecule has 160 valence electrons. The van der Waals surface area contributed by atoms with Crippen molar-refractivity contribution in [3.63, 3.8) is 0 Å². The summed E-state index contributed by atoms with van der Waals surface area (Å²) >= 11 is 6.01. The fraction of sp³-hybridized carbons (Fsp3) is 0.348. The van der Waals surface area contributed by atoms with Gasteiger partial charge in [0.05, 0.1) is 12.1 Å². The van der Waals surface area contributed by atoms with Crippen LogP contribution in [0.4, 0.5) is 11.5 Å². The monoisotopic (exact) mass is 436 g/mol. The molecular formula is C23H25ClN6O. The van der Waals surface area contributed by atoms with Crippen LogP contribution in [0.25, 0.3) is 10.9 Å². The molecule has 0 aliphatic carbocycles. The largest absolute Gasteiger partial charge is 0.383 e. The number of anilines is 2. The van der Waals surface area contributed by atoms with Gasteiger partial charge in [0.1, 0.15) is 12.1 Å². The second-order valence-electron chi connectivity index (χ2n) is 8.26. The van der Waals surface area contributed by atoms with E-state index in [1.54, 1.807) is 0 Å². The van der Waals surface area contributed by atoms with Crippen molar-refractivity contribution < 1.29 is 4.79 Å². The van der Waals surface area contributed by atoms with Gasteiger partial charge in [-0.1, -0.05) is 17.7 Å². The number of aromatic nitrogens is 2. The van der Waals surface area contributed by atoms with Gasteiger partial charge in [-0.05, 0) is 48.4 Å². The lowest BCUT2D eigenvalue weighted by molar-refractivity contribution is -0.137. The number of fused-ring (bicyclic) bond motifs is 1. The van der Waals surface area contributed by atoms with Crippen molar-refractivity contribution in [1.29, 1.82) is 0 Å². The molecule has 0 radical (unpaired) electrons. The molecular weight excluding hydrogens is 412 g/mol. The minimum Gasteiger partial charge on any atom is -0.383 e. The zero-order chi connectivity index (χ0) is 21.4. The van der Waals surface area contributed by atoms with E-state index in [-0.39, 0.29) is 5.91 Å². The Hall–Kier alpha value is -2.90. The summed E-state index contributed by atoms with van der Waals surface area (Å²) in [6, 6.07) is 14.3. The van der Waals surface area contributed by atoms with E-state index in [0.29, 0.717) is 24.9 Å². The zero-order valence-corrected chi connectivity index (χ0v) is 18.0. The molecule has 7 nitrogen and oxygen atoms in total. The van der Waals surface area contributed by atoms with E-state index in [9.17, 15) is 4.79 Å². The summed E-state index contributed by atoms with van der Waals surface area (Å²) in [6.07, 6.45) is 2.54. The number of halogens is 1. The van der Waals surface area contributed by atoms with Gasteiger partial charge in [0, 0.05) is 54.9 Å². The van der Waals surface area contributed by atoms with Crippen LogP contribution in [-0.4, -0.2) is 64.4 Å². The zero-order valence-electron chi connectivity index (χ0n) is 17.2. The molecule has 1 aromatic heterocycles. The maximum atomic E-state index is 12.9. The number of rotatable bonds is 4. The summed E-state index contributed by atoms with van der Waals surface area (Å²) in [6.45, 7) is 4.65. The van der Waals surface area contributed by atoms with Crippen molar-refractivity contribution in [1.82, 2.24) is 19.8 Å². The van der Waals surface area contributed by atoms with Crippen LogP contribution in [0.15, 0.2) is 48.8 Å². The van der Waals surface area contributed by atoms with Crippen LogP contribution in [0.1, 0.15) is 12.0 Å². The van der Waals surface area contributed by atoms with Gasteiger partial charge in [-0.2, -0.15) is 0 Å². The summed E-state index contributed by atoms with van der Waals surface area (Å²) in [5, 5.41) is 1.59. The Labute approximate surface area is 186 Å². The van der Waals surface area contributed by atoms with Crippen molar-refractivity contribution in [3.8, 4) is 0 Å². The number of piperazine rings is 1. The standard InChI is InChI=1S/C23H25ClN6O/c24-17-2-4-18(5-3-17)28-8-7-19(13-28)29-9-10-30(22(31)14-29)12-16-1-6-20-21(11-16)26-15-27-23(20)25/h1-6,11,15,19H,7-10,12-14H2,(H2,25,26,27). The maximum Gasteiger partial charge on any atom is 0.237 e. The van der Waals surface area contributed by atoms with E-state index in [1.807, 2.05) is 35.2 Å². The average Bonchev–Trinajstić information content (AvgIpc) is 3.26. The van der Waals surface area contributed by atoms with Gasteiger partial charge in [-0.3, -0.25) is 9.69 Å². The Morgan fingerprint density at radius 1 is 1.06 bits per heavy atom. The van der Waals surface area contributed by atoms with E-state index in [1.165, 1.54) is 12.0 Å². The number of benzene rings is 2. The molecule has 1 atom stereocenters. The number of carbonyl (C=O) groups excluding carboxylic acids is 1. The van der Waals surface area contributed by atoms with Crippen molar-refractivity contribution in [2.75, 3.05) is 43.4 Å². The van der Waals surface area contributed by atoms with Crippen LogP contribution in [0.3, 0.4) is 0 Å². The molecule has 0 spiro atoms. The number of nitrogens with two attached hydrogens (primary N) is 1. The van der Waals surface area contributed by atoms with E-state index >= 15 is 0 Å². The lowest BCUT2D eigenvalue weighted by atomic mass is 10.1. The van der Waals surface area contributed by atoms with Crippen LogP contribution in [0, 0.1) is 0 Å². The quantitative estimate of drug-likeness (QED) is 0.677. The molecule has 2 N–H and O–H groups in total. The second-order valence-corrected chi connectivity index (χ2v) is 8.70. The van der Waals surface area contributed by atoms with Crippen LogP contribution < -0.4 is 10.6 Å². The van der Waals surface area contributed by atoms with Crippen LogP contribution >= 0.6 is 11.6 Å². The smallest absolute Gasteiger partial charge is 0.237 e. The first-order valence-corrected chi connectivity index (χ1v) is 11.0. The molecule has 2 aliphatic rings. The molecule has 1 unspecified atom stereocenters. The molecule has 2 fully saturated rings. The van der Waals surface area contributed by atoms with Crippen molar-refractivity contribution >= 4 is 39.9 Å². The number of nitrogen functional groups attached to an aromatic ring is 1. The topological polar surface area (TPSA) is 78.6 Å². The van der Waals surface area contributed by atoms with E-state index in [4.69, 9.17) is 17.3 Å². The highest BCUT2D eigenvalue weighted by molar-refractivity contribution is 6.30. The van der Waals surface area contributed by atoms with Crippen LogP contribution in [0.5, 0.6) is 0 Å². The predicted molar refractivity (Wildman–Crippen MR) is 123 cm³/mol. The highest BCUT2D eigenvalue weighted by Gasteiger charge is 2.33. The number of amides is 1. The molecule has 8 heteroatoms. The van der Waals surface area contributed by atoms with Crippen LogP contribution in [0.2, 0.25) is 5.02 Å². The lowest BCUT2D eigenvalue weighted by Gasteiger charge is -2.37. The fourth-order valence-corrected chi connectivity index (χ4v) is 4.70. The number of nitrogens with zero attached hydrogens (tertiary/aromatic N) is 5. The average molecular weight is 437 g/mol. The van der Waals surface area contributed by atoms with Gasteiger partial charge >= 0.3 is 0 Å². The molecule has 0 bridgehead atoms. The minimum atomic E-state index is 0.179. The normalized spacial score (nSPS) is 20.0. The predicted octanol–water partition coefficient (Wildman–Crippen LogP) is 2.79. The second kappa shape index (κ2) is 8.32. The van der Waals surface area contributed by atoms with Gasteiger partial charge in [-0.15, -0.1) is 0 Å². The van der Waals surface area contributed by atoms with Crippen molar-refractivity contribution in [3.05, 3.63) is 59.4 Å². The minimum absolute atomic E-state index is 0.179. The van der Waals surface area contributed by atoms with Crippen molar-refractivity contribution in [2.24, 2.45) is 0 Å². The Kier molecular flexibility index (Phi) is 5.38. The highest BCUT2D eigenvalue weighted by atomic mass is 35.5. The van der Waals surface area contributed by atoms with Gasteiger partial charge in [0.25, 0.3) is 0 Å². The third-order valence-corrected chi connectivity index (χ3v) is 6.58. The van der Waals surface area contributed by atoms with E-state index in [0.717, 1.165) is 54.1 Å². The summed E-state index contributed by atoms with van der Waals surface area (Å²) in [4.78, 5) is 27.9. The molecule has 0 saturated carbocycles. The Bertz CT molecular complexity index is 1100. The lowest BCUT2D eigenvalue weighted by Crippen LogP contribution is -2.53. The molecule has 2 aromatic carbocycles. The molecule has 5 rings (SSSR count). The number of carbonyl (C=O) groups is 1. The Balaban J connectivity index is 1.20. The molecule has 2 aliphatic heterocycles. The first kappa shape index (κ1) is 20.0. The Morgan fingerprint density at radius 3 is 2.71 bits per heavy atom. The van der Waals surface area contributed by atoms with Crippen LogP contribution in [-0.2, 0) is 11.3 Å². The molecule has 1 amide bonds. The van der Waals surface area contributed by atoms with E-state index in [2.05, 4.69) is 31.9 Å². The summed E-state index contributed by atoms with van der Waals surface area (Å²) in [5.41, 5.74) is 8.97. The van der Waals surface area contributed by atoms with E-state index < -0.39 is 0 Å². The maximum absolute atomic E-state index is 12.9. The van der Waals surface area contributed by atoms with Gasteiger partial charge < -0.3 is 15.5 Å². The summed E-state index contributed by atoms with van der Waals surface area (Å²) in [5.74, 6) is 0.656. The Morgan fingerprint density at radius 2 is 1.90 bits per heavy atom. The molecule has 3 aromatic rings. The number of hydrogen-bond acceptors (Lipinski definition) is 6. The first-order valence-electron chi connectivity index (χ1n) is 10.6. The molecule has 3 heterocycles. The SMILES string of the molecule is Nc1ncnc2cc(CN3CCN(C4CCN(c5ccc(Cl)cc5)C4)CC3=O)ccc12.